The molecule has 2 N–H and O–H groups in total. The van der Waals surface area contributed by atoms with Gasteiger partial charge in [-0.3, -0.25) is 14.5 Å². The Labute approximate surface area is 187 Å². The van der Waals surface area contributed by atoms with E-state index >= 15 is 0 Å². The molecule has 0 bridgehead atoms. The number of nitrogens with one attached hydrogen (secondary N) is 2. The monoisotopic (exact) mass is 448 g/mol. The SMILES string of the molecule is O=C(CCCCCN=C1NS(=O)(=O)c2ccccc21)Nc1ccc(-c2ccccc2)cn1. The Hall–Kier alpha value is -3.52. The van der Waals surface area contributed by atoms with Gasteiger partial charge in [-0.15, -0.1) is 0 Å². The summed E-state index contributed by atoms with van der Waals surface area (Å²) in [6.07, 6.45) is 4.46. The first-order chi connectivity index (χ1) is 15.5. The number of amides is 1. The van der Waals surface area contributed by atoms with Gasteiger partial charge in [-0.2, -0.15) is 0 Å². The maximum Gasteiger partial charge on any atom is 0.263 e. The fourth-order valence-corrected chi connectivity index (χ4v) is 4.74. The van der Waals surface area contributed by atoms with Gasteiger partial charge >= 0.3 is 0 Å². The Bertz CT molecular complexity index is 1220. The number of hydrogen-bond donors (Lipinski definition) is 2. The number of sulfonamides is 1. The highest BCUT2D eigenvalue weighted by Gasteiger charge is 2.29. The number of amidine groups is 1. The maximum absolute atomic E-state index is 12.2. The molecule has 0 aliphatic carbocycles. The van der Waals surface area contributed by atoms with Crippen LogP contribution < -0.4 is 10.0 Å². The first kappa shape index (κ1) is 21.7. The standard InChI is InChI=1S/C24H24N4O3S/c29-23(27-22-15-14-19(17-26-22)18-9-3-1-4-10-18)13-5-2-8-16-25-24-20-11-6-7-12-21(20)32(30,31)28-24/h1,3-4,6-7,9-12,14-15,17H,2,5,8,13,16H2,(H,25,28)(H,26,27,29). The Kier molecular flexibility index (Phi) is 6.61. The zero-order valence-electron chi connectivity index (χ0n) is 17.5. The Morgan fingerprint density at radius 2 is 1.69 bits per heavy atom. The van der Waals surface area contributed by atoms with E-state index < -0.39 is 10.0 Å². The molecule has 7 nitrogen and oxygen atoms in total. The van der Waals surface area contributed by atoms with Gasteiger partial charge in [-0.05, 0) is 42.7 Å². The number of pyridine rings is 1. The first-order valence-electron chi connectivity index (χ1n) is 10.5. The number of carbonyl (C=O) groups is 1. The number of nitrogens with zero attached hydrogens (tertiary/aromatic N) is 2. The molecule has 0 spiro atoms. The van der Waals surface area contributed by atoms with Crippen LogP contribution in [0.4, 0.5) is 5.82 Å². The number of aromatic nitrogens is 1. The lowest BCUT2D eigenvalue weighted by atomic mass is 10.1. The van der Waals surface area contributed by atoms with Crippen LogP contribution in [0.3, 0.4) is 0 Å². The molecule has 2 heterocycles. The fourth-order valence-electron chi connectivity index (χ4n) is 3.49. The average molecular weight is 449 g/mol. The summed E-state index contributed by atoms with van der Waals surface area (Å²) < 4.78 is 26.6. The smallest absolute Gasteiger partial charge is 0.263 e. The second kappa shape index (κ2) is 9.74. The van der Waals surface area contributed by atoms with E-state index in [-0.39, 0.29) is 10.8 Å². The lowest BCUT2D eigenvalue weighted by Crippen LogP contribution is -2.22. The average Bonchev–Trinajstić information content (AvgIpc) is 3.07. The van der Waals surface area contributed by atoms with Crippen molar-refractivity contribution in [3.8, 4) is 11.1 Å². The minimum absolute atomic E-state index is 0.0752. The molecule has 3 aromatic rings. The topological polar surface area (TPSA) is 101 Å². The van der Waals surface area contributed by atoms with Gasteiger partial charge in [0.15, 0.2) is 0 Å². The van der Waals surface area contributed by atoms with Crippen LogP contribution in [0.15, 0.2) is 82.8 Å². The fraction of sp³-hybridized carbons (Fsp3) is 0.208. The van der Waals surface area contributed by atoms with Crippen LogP contribution in [0.5, 0.6) is 0 Å². The molecule has 32 heavy (non-hydrogen) atoms. The zero-order valence-corrected chi connectivity index (χ0v) is 18.3. The number of hydrogen-bond acceptors (Lipinski definition) is 5. The number of anilines is 1. The summed E-state index contributed by atoms with van der Waals surface area (Å²) in [7, 11) is -3.50. The van der Waals surface area contributed by atoms with E-state index in [0.717, 1.165) is 30.4 Å². The van der Waals surface area contributed by atoms with Gasteiger partial charge in [0.25, 0.3) is 10.0 Å². The number of unbranched alkanes of at least 4 members (excludes halogenated alkanes) is 2. The van der Waals surface area contributed by atoms with E-state index in [4.69, 9.17) is 0 Å². The van der Waals surface area contributed by atoms with Crippen molar-refractivity contribution < 1.29 is 13.2 Å². The van der Waals surface area contributed by atoms with E-state index in [9.17, 15) is 13.2 Å². The van der Waals surface area contributed by atoms with Crippen molar-refractivity contribution in [3.05, 3.63) is 78.5 Å². The Morgan fingerprint density at radius 1 is 0.906 bits per heavy atom. The summed E-state index contributed by atoms with van der Waals surface area (Å²) in [5.74, 6) is 0.852. The van der Waals surface area contributed by atoms with E-state index in [1.165, 1.54) is 0 Å². The van der Waals surface area contributed by atoms with Crippen molar-refractivity contribution >= 4 is 27.6 Å². The minimum atomic E-state index is -3.50. The van der Waals surface area contributed by atoms with Crippen LogP contribution in [-0.2, 0) is 14.8 Å². The highest BCUT2D eigenvalue weighted by atomic mass is 32.2. The summed E-state index contributed by atoms with van der Waals surface area (Å²) in [6, 6.07) is 20.5. The second-order valence-electron chi connectivity index (χ2n) is 7.49. The highest BCUT2D eigenvalue weighted by molar-refractivity contribution is 7.90. The molecule has 1 aliphatic heterocycles. The number of aliphatic imine (C=N–C) groups is 1. The predicted octanol–water partition coefficient (Wildman–Crippen LogP) is 3.99. The molecule has 0 unspecified atom stereocenters. The van der Waals surface area contributed by atoms with Gasteiger partial charge in [-0.1, -0.05) is 48.9 Å². The minimum Gasteiger partial charge on any atom is -0.311 e. The van der Waals surface area contributed by atoms with Crippen molar-refractivity contribution in [2.45, 2.75) is 30.6 Å². The molecule has 4 rings (SSSR count). The summed E-state index contributed by atoms with van der Waals surface area (Å²) in [5, 5.41) is 2.82. The van der Waals surface area contributed by atoms with E-state index in [1.54, 1.807) is 36.5 Å². The molecule has 1 aliphatic rings. The van der Waals surface area contributed by atoms with Crippen molar-refractivity contribution in [3.63, 3.8) is 0 Å². The van der Waals surface area contributed by atoms with Gasteiger partial charge in [-0.25, -0.2) is 13.4 Å². The highest BCUT2D eigenvalue weighted by Crippen LogP contribution is 2.22. The van der Waals surface area contributed by atoms with E-state index in [1.807, 2.05) is 36.4 Å². The van der Waals surface area contributed by atoms with E-state index in [0.29, 0.717) is 30.2 Å². The van der Waals surface area contributed by atoms with Crippen LogP contribution in [0.1, 0.15) is 31.2 Å². The van der Waals surface area contributed by atoms with E-state index in [2.05, 4.69) is 20.0 Å². The molecular formula is C24H24N4O3S. The van der Waals surface area contributed by atoms with Crippen LogP contribution in [0, 0.1) is 0 Å². The van der Waals surface area contributed by atoms with Gasteiger partial charge in [0.1, 0.15) is 11.7 Å². The second-order valence-corrected chi connectivity index (χ2v) is 9.14. The number of benzene rings is 2. The molecule has 0 atom stereocenters. The van der Waals surface area contributed by atoms with Crippen LogP contribution >= 0.6 is 0 Å². The molecule has 2 aromatic carbocycles. The summed E-state index contributed by atoms with van der Waals surface area (Å²) in [6.45, 7) is 0.496. The molecule has 0 saturated heterocycles. The number of carbonyl (C=O) groups excluding carboxylic acids is 1. The maximum atomic E-state index is 12.2. The first-order valence-corrected chi connectivity index (χ1v) is 12.0. The van der Waals surface area contributed by atoms with Crippen molar-refractivity contribution in [1.82, 2.24) is 9.71 Å². The van der Waals surface area contributed by atoms with Crippen molar-refractivity contribution in [2.24, 2.45) is 4.99 Å². The largest absolute Gasteiger partial charge is 0.311 e. The van der Waals surface area contributed by atoms with Gasteiger partial charge in [0.05, 0.1) is 4.90 Å². The molecule has 164 valence electrons. The Balaban J connectivity index is 1.19. The lowest BCUT2D eigenvalue weighted by molar-refractivity contribution is -0.116. The van der Waals surface area contributed by atoms with Crippen molar-refractivity contribution in [2.75, 3.05) is 11.9 Å². The van der Waals surface area contributed by atoms with Crippen molar-refractivity contribution in [1.29, 1.82) is 0 Å². The lowest BCUT2D eigenvalue weighted by Gasteiger charge is -2.06. The molecule has 0 fully saturated rings. The normalized spacial score (nSPS) is 15.2. The number of fused-ring (bicyclic) bond motifs is 1. The third kappa shape index (κ3) is 5.20. The molecule has 0 radical (unpaired) electrons. The summed E-state index contributed by atoms with van der Waals surface area (Å²) >= 11 is 0. The third-order valence-corrected chi connectivity index (χ3v) is 6.53. The molecular weight excluding hydrogens is 424 g/mol. The van der Waals surface area contributed by atoms with Crippen LogP contribution in [0.25, 0.3) is 11.1 Å². The molecule has 0 saturated carbocycles. The zero-order chi connectivity index (χ0) is 22.4. The number of rotatable bonds is 8. The molecule has 8 heteroatoms. The van der Waals surface area contributed by atoms with Crippen LogP contribution in [0.2, 0.25) is 0 Å². The predicted molar refractivity (Wildman–Crippen MR) is 125 cm³/mol. The third-order valence-electron chi connectivity index (χ3n) is 5.13. The quantitative estimate of drug-likeness (QED) is 0.509. The van der Waals surface area contributed by atoms with Crippen LogP contribution in [-0.4, -0.2) is 31.7 Å². The Morgan fingerprint density at radius 3 is 2.47 bits per heavy atom. The van der Waals surface area contributed by atoms with Gasteiger partial charge < -0.3 is 5.32 Å². The molecule has 1 aromatic heterocycles. The van der Waals surface area contributed by atoms with Gasteiger partial charge in [0.2, 0.25) is 5.91 Å². The van der Waals surface area contributed by atoms with Gasteiger partial charge in [0, 0.05) is 30.3 Å². The summed E-state index contributed by atoms with van der Waals surface area (Å²) in [4.78, 5) is 21.1. The summed E-state index contributed by atoms with van der Waals surface area (Å²) in [5.41, 5.74) is 2.69. The molecule has 1 amide bonds.